The van der Waals surface area contributed by atoms with Gasteiger partial charge in [-0.05, 0) is 117 Å². The van der Waals surface area contributed by atoms with Gasteiger partial charge in [-0.2, -0.15) is 13.8 Å². The molecule has 56 heavy (non-hydrogen) atoms. The van der Waals surface area contributed by atoms with Crippen LogP contribution < -0.4 is 11.4 Å². The molecule has 5 aliphatic rings. The molecule has 6 rings (SSSR count). The third-order valence-electron chi connectivity index (χ3n) is 12.6. The summed E-state index contributed by atoms with van der Waals surface area (Å²) >= 11 is 0. The van der Waals surface area contributed by atoms with Gasteiger partial charge < -0.3 is 30.2 Å². The molecule has 2 heterocycles. The van der Waals surface area contributed by atoms with Crippen LogP contribution in [0.3, 0.4) is 0 Å². The van der Waals surface area contributed by atoms with E-state index >= 15 is 0 Å². The predicted molar refractivity (Wildman–Crippen MR) is 217 cm³/mol. The Balaban J connectivity index is 0.872. The highest BCUT2D eigenvalue weighted by molar-refractivity contribution is 8.76. The summed E-state index contributed by atoms with van der Waals surface area (Å²) in [4.78, 5) is 27.8. The van der Waals surface area contributed by atoms with Gasteiger partial charge in [-0.3, -0.25) is 9.36 Å². The molecule has 0 spiro atoms. The number of aromatic nitrogens is 2. The first-order chi connectivity index (χ1) is 26.8. The molecule has 1 aromatic heterocycles. The highest BCUT2D eigenvalue weighted by atomic mass is 33.1. The lowest BCUT2D eigenvalue weighted by Crippen LogP contribution is -2.42. The number of nitrogens with zero attached hydrogens (tertiary/aromatic N) is 2. The van der Waals surface area contributed by atoms with E-state index in [0.29, 0.717) is 46.0 Å². The Morgan fingerprint density at radius 1 is 1.14 bits per heavy atom. The van der Waals surface area contributed by atoms with E-state index in [9.17, 15) is 28.6 Å². The Labute approximate surface area is 337 Å². The summed E-state index contributed by atoms with van der Waals surface area (Å²) in [5, 5.41) is 20.4. The lowest BCUT2D eigenvalue weighted by atomic mass is 9.61. The number of alkyl halides is 2. The highest BCUT2D eigenvalue weighted by Gasteiger charge is 2.60. The van der Waals surface area contributed by atoms with Gasteiger partial charge in [0.2, 0.25) is 6.23 Å². The van der Waals surface area contributed by atoms with Gasteiger partial charge in [0.1, 0.15) is 18.5 Å². The normalized spacial score (nSPS) is 32.9. The second-order valence-corrected chi connectivity index (χ2v) is 19.2. The number of carbonyl (C=O) groups excluding carboxylic acids is 1. The van der Waals surface area contributed by atoms with Crippen LogP contribution in [0.5, 0.6) is 0 Å². The molecule has 310 valence electrons. The average Bonchev–Trinajstić information content (AvgIpc) is 3.90. The number of rotatable bonds is 17. The number of carbonyl (C=O) groups is 1. The molecule has 4 saturated carbocycles. The lowest BCUT2D eigenvalue weighted by molar-refractivity contribution is -0.150. The molecule has 1 saturated heterocycles. The largest absolute Gasteiger partial charge is 0.463 e. The van der Waals surface area contributed by atoms with Crippen LogP contribution in [0.4, 0.5) is 14.6 Å². The summed E-state index contributed by atoms with van der Waals surface area (Å²) in [7, 11) is 3.18. The lowest BCUT2D eigenvalue weighted by Gasteiger charge is -2.44. The molecule has 0 aromatic carbocycles. The number of anilines is 1. The number of allylic oxidation sites excluding steroid dienone is 4. The molecule has 5 fully saturated rings. The van der Waals surface area contributed by atoms with Gasteiger partial charge in [0.25, 0.3) is 0 Å². The standard InChI is InChI=1S/C42H59F2N3O7S2/c1-26(31-15-16-32-29(8-5-20-41(31,32)3)12-11-28-7-4-9-33(48)27(28)2)10-17-34(30-13-14-30)52-22-6-23-55-56-24-19-37(49)53-25-35-38(50)42(43,44)39(54-35)47-21-18-36(45)46-40(47)51/h10-12,17-18,21,26,30-35,38-39,48,50H,2,4-9,13-16,19-20,22-25H2,1,3H3,(H2,45,46,51)/b17-10+,28-11-,29-12+/t26-,31?,32?,33-,34?,35?,38?,39?,41+/m0/s1. The zero-order valence-electron chi connectivity index (χ0n) is 32.7. The maximum absolute atomic E-state index is 14.7. The number of nitrogens with two attached hydrogens (primary N) is 1. The van der Waals surface area contributed by atoms with Crippen LogP contribution in [0.25, 0.3) is 0 Å². The molecule has 0 bridgehead atoms. The van der Waals surface area contributed by atoms with Crippen molar-refractivity contribution in [3.8, 4) is 0 Å². The first-order valence-corrected chi connectivity index (χ1v) is 22.8. The smallest absolute Gasteiger partial charge is 0.351 e. The summed E-state index contributed by atoms with van der Waals surface area (Å²) in [5.74, 6) is -0.870. The monoisotopic (exact) mass is 819 g/mol. The SMILES string of the molecule is C=C1/C(=C\C=C2/CCC[C@@]3(C)C2CCC3[C@@H](C)/C=C/C(OCCCSSCCC(=O)OCC2OC(n3ccc(N)nc3=O)C(F)(F)C2O)C2CC2)CCC[C@@H]1O. The molecule has 1 aromatic rings. The number of aliphatic hydroxyl groups is 2. The van der Waals surface area contributed by atoms with Crippen LogP contribution in [0.15, 0.2) is 64.7 Å². The van der Waals surface area contributed by atoms with Crippen molar-refractivity contribution in [1.82, 2.24) is 9.55 Å². The molecular formula is C42H59F2N3O7S2. The van der Waals surface area contributed by atoms with Crippen LogP contribution >= 0.6 is 21.6 Å². The third kappa shape index (κ3) is 10.2. The summed E-state index contributed by atoms with van der Waals surface area (Å²) in [6.45, 7) is 9.17. The molecule has 0 radical (unpaired) electrons. The minimum atomic E-state index is -3.81. The second kappa shape index (κ2) is 19.1. The van der Waals surface area contributed by atoms with Crippen LogP contribution in [-0.4, -0.2) is 80.8 Å². The quantitative estimate of drug-likeness (QED) is 0.0619. The van der Waals surface area contributed by atoms with Gasteiger partial charge in [0.05, 0.1) is 18.6 Å². The summed E-state index contributed by atoms with van der Waals surface area (Å²) in [6, 6.07) is 1.17. The molecule has 4 N–H and O–H groups in total. The fraction of sp³-hybridized carbons (Fsp3) is 0.690. The molecule has 9 atom stereocenters. The number of hydrogen-bond acceptors (Lipinski definition) is 11. The van der Waals surface area contributed by atoms with Crippen molar-refractivity contribution in [2.45, 2.75) is 127 Å². The molecule has 6 unspecified atom stereocenters. The Bertz CT molecular complexity index is 1700. The Morgan fingerprint density at radius 2 is 1.93 bits per heavy atom. The molecule has 10 nitrogen and oxygen atoms in total. The number of fused-ring (bicyclic) bond motifs is 1. The maximum Gasteiger partial charge on any atom is 0.351 e. The van der Waals surface area contributed by atoms with E-state index in [4.69, 9.17) is 19.9 Å². The number of esters is 1. The Kier molecular flexibility index (Phi) is 14.7. The summed E-state index contributed by atoms with van der Waals surface area (Å²) in [6.07, 6.45) is 16.7. The third-order valence-corrected chi connectivity index (χ3v) is 15.1. The van der Waals surface area contributed by atoms with E-state index in [-0.39, 0.29) is 18.3 Å². The number of aliphatic hydroxyl groups excluding tert-OH is 2. The van der Waals surface area contributed by atoms with Gasteiger partial charge >= 0.3 is 17.6 Å². The van der Waals surface area contributed by atoms with E-state index < -0.39 is 48.7 Å². The van der Waals surface area contributed by atoms with E-state index in [0.717, 1.165) is 43.2 Å². The average molecular weight is 820 g/mol. The highest BCUT2D eigenvalue weighted by Crippen LogP contribution is 2.59. The zero-order chi connectivity index (χ0) is 40.0. The van der Waals surface area contributed by atoms with Crippen molar-refractivity contribution < 1.29 is 38.0 Å². The van der Waals surface area contributed by atoms with Crippen LogP contribution in [0.1, 0.15) is 97.1 Å². The van der Waals surface area contributed by atoms with Gasteiger partial charge in [0, 0.05) is 24.3 Å². The Hall–Kier alpha value is -2.49. The fourth-order valence-corrected chi connectivity index (χ4v) is 11.3. The van der Waals surface area contributed by atoms with Gasteiger partial charge in [-0.25, -0.2) is 4.79 Å². The molecule has 4 aliphatic carbocycles. The fourth-order valence-electron chi connectivity index (χ4n) is 9.31. The Morgan fingerprint density at radius 3 is 2.70 bits per heavy atom. The van der Waals surface area contributed by atoms with Crippen molar-refractivity contribution in [3.63, 3.8) is 0 Å². The minimum Gasteiger partial charge on any atom is -0.463 e. The molecule has 14 heteroatoms. The molecular weight excluding hydrogens is 761 g/mol. The van der Waals surface area contributed by atoms with Crippen molar-refractivity contribution >= 4 is 33.4 Å². The van der Waals surface area contributed by atoms with E-state index in [1.54, 1.807) is 16.4 Å². The molecule has 0 amide bonds. The van der Waals surface area contributed by atoms with Gasteiger partial charge in [0.15, 0.2) is 6.10 Å². The minimum absolute atomic E-state index is 0.0718. The van der Waals surface area contributed by atoms with Gasteiger partial charge in [-0.15, -0.1) is 0 Å². The number of nitrogen functional groups attached to an aromatic ring is 1. The number of hydrogen-bond donors (Lipinski definition) is 3. The van der Waals surface area contributed by atoms with Crippen molar-refractivity contribution in [3.05, 3.63) is 70.3 Å². The first kappa shape index (κ1) is 43.1. The van der Waals surface area contributed by atoms with Crippen molar-refractivity contribution in [2.75, 3.05) is 30.5 Å². The summed E-state index contributed by atoms with van der Waals surface area (Å²) in [5.41, 5.74) is 8.39. The van der Waals surface area contributed by atoms with E-state index in [1.165, 1.54) is 67.4 Å². The first-order valence-electron chi connectivity index (χ1n) is 20.3. The second-order valence-electron chi connectivity index (χ2n) is 16.5. The number of halogens is 2. The van der Waals surface area contributed by atoms with Gasteiger partial charge in [-0.1, -0.05) is 71.9 Å². The van der Waals surface area contributed by atoms with E-state index in [2.05, 4.69) is 49.7 Å². The van der Waals surface area contributed by atoms with Crippen molar-refractivity contribution in [1.29, 1.82) is 0 Å². The van der Waals surface area contributed by atoms with Crippen molar-refractivity contribution in [2.24, 2.45) is 29.1 Å². The number of ether oxygens (including phenoxy) is 3. The molecule has 1 aliphatic heterocycles. The van der Waals surface area contributed by atoms with Crippen LogP contribution in [0.2, 0.25) is 0 Å². The maximum atomic E-state index is 14.7. The van der Waals surface area contributed by atoms with Crippen LogP contribution in [0, 0.1) is 29.1 Å². The topological polar surface area (TPSA) is 146 Å². The van der Waals surface area contributed by atoms with E-state index in [1.807, 2.05) is 0 Å². The van der Waals surface area contributed by atoms with Crippen LogP contribution in [-0.2, 0) is 19.0 Å². The predicted octanol–water partition coefficient (Wildman–Crippen LogP) is 7.58. The zero-order valence-corrected chi connectivity index (χ0v) is 34.3. The summed E-state index contributed by atoms with van der Waals surface area (Å²) < 4.78 is 46.8.